The third kappa shape index (κ3) is 40.4. The van der Waals surface area contributed by atoms with E-state index in [0.29, 0.717) is 132 Å². The summed E-state index contributed by atoms with van der Waals surface area (Å²) in [6.45, 7) is 14.1. The Kier molecular flexibility index (Phi) is 45.5. The summed E-state index contributed by atoms with van der Waals surface area (Å²) in [7, 11) is 0. The fourth-order valence-electron chi connectivity index (χ4n) is 6.03. The summed E-state index contributed by atoms with van der Waals surface area (Å²) in [5.41, 5.74) is -1.55. The van der Waals surface area contributed by atoms with E-state index in [1.807, 2.05) is 0 Å². The van der Waals surface area contributed by atoms with Crippen LogP contribution in [0.3, 0.4) is 0 Å². The van der Waals surface area contributed by atoms with Gasteiger partial charge < -0.3 is 68.5 Å². The van der Waals surface area contributed by atoms with Crippen LogP contribution in [0.2, 0.25) is 0 Å². The van der Waals surface area contributed by atoms with Gasteiger partial charge in [0.25, 0.3) is 0 Å². The van der Waals surface area contributed by atoms with Crippen LogP contribution in [0.5, 0.6) is 0 Å². The number of aliphatic carboxylic acids is 6. The van der Waals surface area contributed by atoms with Gasteiger partial charge in [-0.25, -0.2) is 0 Å². The predicted molar refractivity (Wildman–Crippen MR) is 301 cm³/mol. The van der Waals surface area contributed by atoms with Crippen molar-refractivity contribution in [3.63, 3.8) is 0 Å². The van der Waals surface area contributed by atoms with Gasteiger partial charge in [-0.1, -0.05) is 0 Å². The standard InChI is InChI=1S/C49H88O20S6/c1-36(42(50)51)70-22-8-16-64-30-48(31-65-17-9-23-71-37(2)43(52)53,32-66-18-10-24-72-38(3)44(54)55)28-62-14-7-15-63-29-49(33-67-19-11-25-73-39(4)45(56)57,34-68-20-12-26-74-40(5)46(58)59)35-69-21-13-27-75-41(6)47(60)61/h36-41H,7-35H2,1-6H3,(H,50,51)(H,52,53)(H,54,55)(H,56,57)(H,58,59)(H,60,61). The second-order valence-electron chi connectivity index (χ2n) is 18.0. The maximum absolute atomic E-state index is 11.3. The summed E-state index contributed by atoms with van der Waals surface area (Å²) >= 11 is 7.96. The largest absolute Gasteiger partial charge is 0.480 e. The second-order valence-corrected chi connectivity index (χ2v) is 26.7. The minimum absolute atomic E-state index is 0.184. The topological polar surface area (TPSA) is 298 Å². The summed E-state index contributed by atoms with van der Waals surface area (Å²) < 4.78 is 49.8. The van der Waals surface area contributed by atoms with Gasteiger partial charge in [-0.15, -0.1) is 70.6 Å². The Labute approximate surface area is 470 Å². The van der Waals surface area contributed by atoms with Gasteiger partial charge >= 0.3 is 35.8 Å². The fraction of sp³-hybridized carbons (Fsp3) is 0.878. The fourth-order valence-corrected chi connectivity index (χ4v) is 10.7. The van der Waals surface area contributed by atoms with E-state index < -0.39 is 78.1 Å². The van der Waals surface area contributed by atoms with Crippen LogP contribution in [0.4, 0.5) is 0 Å². The maximum atomic E-state index is 11.3. The van der Waals surface area contributed by atoms with Crippen molar-refractivity contribution in [1.82, 2.24) is 0 Å². The van der Waals surface area contributed by atoms with E-state index in [-0.39, 0.29) is 52.9 Å². The quantitative estimate of drug-likeness (QED) is 0.0332. The molecule has 75 heavy (non-hydrogen) atoms. The molecule has 6 N–H and O–H groups in total. The average molecular weight is 1190 g/mol. The zero-order valence-electron chi connectivity index (χ0n) is 44.8. The molecular weight excluding hydrogens is 1100 g/mol. The molecule has 0 radical (unpaired) electrons. The number of hydrogen-bond acceptors (Lipinski definition) is 20. The molecule has 0 rings (SSSR count). The first-order valence-electron chi connectivity index (χ1n) is 25.4. The molecule has 6 unspecified atom stereocenters. The highest BCUT2D eigenvalue weighted by Gasteiger charge is 2.34. The molecule has 440 valence electrons. The van der Waals surface area contributed by atoms with Gasteiger partial charge in [0.05, 0.1) is 95.2 Å². The van der Waals surface area contributed by atoms with Crippen LogP contribution in [-0.2, 0) is 66.7 Å². The molecule has 6 atom stereocenters. The smallest absolute Gasteiger partial charge is 0.316 e. The van der Waals surface area contributed by atoms with Crippen molar-refractivity contribution in [2.45, 2.75) is 118 Å². The van der Waals surface area contributed by atoms with Gasteiger partial charge in [-0.05, 0) is 121 Å². The summed E-state index contributed by atoms with van der Waals surface area (Å²) in [5, 5.41) is 52.4. The van der Waals surface area contributed by atoms with Crippen molar-refractivity contribution in [3.05, 3.63) is 0 Å². The average Bonchev–Trinajstić information content (AvgIpc) is 3.36. The number of ether oxygens (including phenoxy) is 8. The first-order chi connectivity index (χ1) is 35.7. The highest BCUT2D eigenvalue weighted by Crippen LogP contribution is 2.25. The molecule has 0 saturated carbocycles. The molecule has 0 saturated heterocycles. The normalized spacial score (nSPS) is 15.8. The Morgan fingerprint density at radius 1 is 0.280 bits per heavy atom. The lowest BCUT2D eigenvalue weighted by Crippen LogP contribution is -2.42. The second kappa shape index (κ2) is 46.4. The van der Waals surface area contributed by atoms with Crippen molar-refractivity contribution in [1.29, 1.82) is 0 Å². The molecule has 0 aromatic rings. The maximum Gasteiger partial charge on any atom is 0.316 e. The molecule has 0 heterocycles. The molecule has 0 bridgehead atoms. The molecule has 20 nitrogen and oxygen atoms in total. The Balaban J connectivity index is 6.10. The van der Waals surface area contributed by atoms with E-state index in [0.717, 1.165) is 0 Å². The summed E-state index contributed by atoms with van der Waals surface area (Å²) in [6, 6.07) is 0. The van der Waals surface area contributed by atoms with Gasteiger partial charge in [0.15, 0.2) is 0 Å². The lowest BCUT2D eigenvalue weighted by atomic mass is 9.92. The Morgan fingerprint density at radius 3 is 0.547 bits per heavy atom. The van der Waals surface area contributed by atoms with Crippen LogP contribution in [0.25, 0.3) is 0 Å². The SMILES string of the molecule is CC(SCCCOCC(COCCCOCC(COCCCSC(C)C(=O)O)(COCCCSC(C)C(=O)O)COCCCSC(C)C(=O)O)(COCCCSC(C)C(=O)O)COCCCSC(C)C(=O)O)C(=O)O. The van der Waals surface area contributed by atoms with Crippen LogP contribution in [0.15, 0.2) is 0 Å². The molecule has 0 aromatic heterocycles. The van der Waals surface area contributed by atoms with Gasteiger partial charge in [0.2, 0.25) is 0 Å². The number of rotatable bonds is 56. The van der Waals surface area contributed by atoms with E-state index in [2.05, 4.69) is 0 Å². The third-order valence-electron chi connectivity index (χ3n) is 10.7. The number of carboxylic acids is 6. The predicted octanol–water partition coefficient (Wildman–Crippen LogP) is 7.06. The summed E-state index contributed by atoms with van der Waals surface area (Å²) in [4.78, 5) is 67.9. The van der Waals surface area contributed by atoms with E-state index in [1.165, 1.54) is 70.6 Å². The molecule has 0 amide bonds. The van der Waals surface area contributed by atoms with Crippen LogP contribution in [0, 0.1) is 10.8 Å². The minimum Gasteiger partial charge on any atom is -0.480 e. The molecule has 0 aliphatic carbocycles. The van der Waals surface area contributed by atoms with Gasteiger partial charge in [0.1, 0.15) is 0 Å². The van der Waals surface area contributed by atoms with Gasteiger partial charge in [0, 0.05) is 52.9 Å². The van der Waals surface area contributed by atoms with Crippen molar-refractivity contribution in [3.8, 4) is 0 Å². The van der Waals surface area contributed by atoms with Crippen LogP contribution in [0.1, 0.15) is 86.5 Å². The van der Waals surface area contributed by atoms with Crippen LogP contribution in [-0.4, -0.2) is 238 Å². The van der Waals surface area contributed by atoms with Gasteiger partial charge in [-0.3, -0.25) is 28.8 Å². The van der Waals surface area contributed by atoms with Crippen molar-refractivity contribution >= 4 is 106 Å². The number of thioether (sulfide) groups is 6. The molecule has 26 heteroatoms. The zero-order valence-corrected chi connectivity index (χ0v) is 49.7. The number of hydrogen-bond donors (Lipinski definition) is 6. The monoisotopic (exact) mass is 1190 g/mol. The highest BCUT2D eigenvalue weighted by molar-refractivity contribution is 8.01. The zero-order chi connectivity index (χ0) is 56.3. The Morgan fingerprint density at radius 2 is 0.413 bits per heavy atom. The molecule has 0 fully saturated rings. The van der Waals surface area contributed by atoms with E-state index in [9.17, 15) is 59.4 Å². The number of carboxylic acid groups (broad SMARTS) is 6. The van der Waals surface area contributed by atoms with E-state index in [4.69, 9.17) is 37.9 Å². The van der Waals surface area contributed by atoms with E-state index >= 15 is 0 Å². The molecule has 0 aliphatic heterocycles. The lowest BCUT2D eigenvalue weighted by Gasteiger charge is -2.33. The van der Waals surface area contributed by atoms with Crippen molar-refractivity contribution in [2.75, 3.05) is 140 Å². The number of carbonyl (C=O) groups is 6. The minimum atomic E-state index is -0.883. The Hall–Kier alpha value is -1.40. The van der Waals surface area contributed by atoms with Crippen molar-refractivity contribution in [2.24, 2.45) is 10.8 Å². The first-order valence-corrected chi connectivity index (χ1v) is 31.6. The van der Waals surface area contributed by atoms with Crippen LogP contribution >= 0.6 is 70.6 Å². The third-order valence-corrected chi connectivity index (χ3v) is 18.1. The summed E-state index contributed by atoms with van der Waals surface area (Å²) in [5.74, 6) is -1.78. The van der Waals surface area contributed by atoms with Gasteiger partial charge in [-0.2, -0.15) is 0 Å². The lowest BCUT2D eigenvalue weighted by molar-refractivity contribution is -0.137. The van der Waals surface area contributed by atoms with Crippen LogP contribution < -0.4 is 0 Å². The Bertz CT molecular complexity index is 1270. The molecular formula is C49H88O20S6. The first kappa shape index (κ1) is 73.6. The molecule has 0 aromatic carbocycles. The highest BCUT2D eigenvalue weighted by atomic mass is 32.2. The molecule has 0 spiro atoms. The van der Waals surface area contributed by atoms with Crippen molar-refractivity contribution < 1.29 is 97.3 Å². The molecule has 0 aliphatic rings. The van der Waals surface area contributed by atoms with E-state index in [1.54, 1.807) is 41.5 Å². The summed E-state index contributed by atoms with van der Waals surface area (Å²) in [6.07, 6.45) is 4.16.